The second-order valence-corrected chi connectivity index (χ2v) is 6.22. The predicted molar refractivity (Wildman–Crippen MR) is 76.3 cm³/mol. The van der Waals surface area contributed by atoms with Gasteiger partial charge in [0.05, 0.1) is 6.07 Å². The summed E-state index contributed by atoms with van der Waals surface area (Å²) in [6, 6.07) is 2.48. The van der Waals surface area contributed by atoms with Crippen LogP contribution in [0.3, 0.4) is 0 Å². The molecule has 1 aliphatic rings. The van der Waals surface area contributed by atoms with E-state index in [1.54, 1.807) is 0 Å². The number of nitrogens with zero attached hydrogens (tertiary/aromatic N) is 1. The number of thioether (sulfide) groups is 1. The number of nitrogens with one attached hydrogen (secondary N) is 1. The Kier molecular flexibility index (Phi) is 6.01. The lowest BCUT2D eigenvalue weighted by Crippen LogP contribution is -2.46. The summed E-state index contributed by atoms with van der Waals surface area (Å²) < 4.78 is 0. The zero-order chi connectivity index (χ0) is 13.6. The lowest BCUT2D eigenvalue weighted by Gasteiger charge is -2.31. The SMILES string of the molecule is CCC(C#N)(CC)C(=O)NC1CCC(SC)CC1. The predicted octanol–water partition coefficient (Wildman–Crippen LogP) is 3.11. The van der Waals surface area contributed by atoms with Crippen molar-refractivity contribution in [3.05, 3.63) is 0 Å². The molecule has 0 atom stereocenters. The first kappa shape index (κ1) is 15.4. The summed E-state index contributed by atoms with van der Waals surface area (Å²) in [5, 5.41) is 13.1. The van der Waals surface area contributed by atoms with Crippen LogP contribution >= 0.6 is 11.8 Å². The highest BCUT2D eigenvalue weighted by Gasteiger charge is 2.36. The van der Waals surface area contributed by atoms with Crippen molar-refractivity contribution >= 4 is 17.7 Å². The van der Waals surface area contributed by atoms with Crippen molar-refractivity contribution in [1.82, 2.24) is 5.32 Å². The zero-order valence-electron chi connectivity index (χ0n) is 11.7. The minimum atomic E-state index is -0.823. The summed E-state index contributed by atoms with van der Waals surface area (Å²) in [6.07, 6.45) is 7.77. The molecule has 4 heteroatoms. The molecular weight excluding hydrogens is 244 g/mol. The van der Waals surface area contributed by atoms with Gasteiger partial charge in [-0.2, -0.15) is 17.0 Å². The molecule has 0 aromatic carbocycles. The normalized spacial score (nSPS) is 24.3. The fraction of sp³-hybridized carbons (Fsp3) is 0.857. The van der Waals surface area contributed by atoms with Crippen LogP contribution in [0.5, 0.6) is 0 Å². The first-order valence-corrected chi connectivity index (χ1v) is 8.15. The molecule has 1 saturated carbocycles. The Morgan fingerprint density at radius 2 is 1.89 bits per heavy atom. The van der Waals surface area contributed by atoms with E-state index in [-0.39, 0.29) is 11.9 Å². The van der Waals surface area contributed by atoms with Gasteiger partial charge in [0.25, 0.3) is 0 Å². The quantitative estimate of drug-likeness (QED) is 0.833. The Morgan fingerprint density at radius 1 is 1.33 bits per heavy atom. The molecule has 1 N–H and O–H groups in total. The van der Waals surface area contributed by atoms with Gasteiger partial charge in [-0.3, -0.25) is 4.79 Å². The van der Waals surface area contributed by atoms with Gasteiger partial charge in [-0.05, 0) is 44.8 Å². The summed E-state index contributed by atoms with van der Waals surface area (Å²) >= 11 is 1.92. The van der Waals surface area contributed by atoms with Crippen LogP contribution in [0, 0.1) is 16.7 Å². The van der Waals surface area contributed by atoms with E-state index in [1.165, 1.54) is 12.8 Å². The van der Waals surface area contributed by atoms with Gasteiger partial charge in [0.2, 0.25) is 5.91 Å². The highest BCUT2D eigenvalue weighted by atomic mass is 32.2. The summed E-state index contributed by atoms with van der Waals surface area (Å²) in [5.41, 5.74) is -0.823. The standard InChI is InChI=1S/C14H24N2OS/c1-4-14(5-2,10-15)13(17)16-11-6-8-12(18-3)9-7-11/h11-12H,4-9H2,1-3H3,(H,16,17). The van der Waals surface area contributed by atoms with E-state index in [0.29, 0.717) is 12.8 Å². The van der Waals surface area contributed by atoms with Crippen LogP contribution in [-0.2, 0) is 4.79 Å². The van der Waals surface area contributed by atoms with E-state index in [1.807, 2.05) is 25.6 Å². The van der Waals surface area contributed by atoms with Gasteiger partial charge >= 0.3 is 0 Å². The Labute approximate surface area is 115 Å². The van der Waals surface area contributed by atoms with Crippen LogP contribution < -0.4 is 5.32 Å². The number of nitriles is 1. The molecule has 1 rings (SSSR count). The summed E-state index contributed by atoms with van der Waals surface area (Å²) in [4.78, 5) is 12.2. The Morgan fingerprint density at radius 3 is 2.28 bits per heavy atom. The van der Waals surface area contributed by atoms with E-state index in [2.05, 4.69) is 17.6 Å². The van der Waals surface area contributed by atoms with E-state index in [4.69, 9.17) is 0 Å². The van der Waals surface area contributed by atoms with Gasteiger partial charge in [0.15, 0.2) is 0 Å². The van der Waals surface area contributed by atoms with Crippen molar-refractivity contribution in [3.8, 4) is 6.07 Å². The van der Waals surface area contributed by atoms with Crippen LogP contribution in [0.15, 0.2) is 0 Å². The fourth-order valence-electron chi connectivity index (χ4n) is 2.55. The molecule has 3 nitrogen and oxygen atoms in total. The summed E-state index contributed by atoms with van der Waals surface area (Å²) in [6.45, 7) is 3.83. The van der Waals surface area contributed by atoms with Crippen LogP contribution in [0.25, 0.3) is 0 Å². The van der Waals surface area contributed by atoms with Gasteiger partial charge < -0.3 is 5.32 Å². The molecule has 0 bridgehead atoms. The van der Waals surface area contributed by atoms with Crippen LogP contribution in [-0.4, -0.2) is 23.5 Å². The maximum atomic E-state index is 12.2. The van der Waals surface area contributed by atoms with E-state index in [9.17, 15) is 10.1 Å². The fourth-order valence-corrected chi connectivity index (χ4v) is 3.29. The molecule has 0 unspecified atom stereocenters. The second kappa shape index (κ2) is 7.04. The van der Waals surface area contributed by atoms with E-state index < -0.39 is 5.41 Å². The van der Waals surface area contributed by atoms with Crippen molar-refractivity contribution in [3.63, 3.8) is 0 Å². The molecule has 0 spiro atoms. The number of hydrogen-bond acceptors (Lipinski definition) is 3. The lowest BCUT2D eigenvalue weighted by molar-refractivity contribution is -0.129. The molecule has 0 aromatic rings. The smallest absolute Gasteiger partial charge is 0.240 e. The van der Waals surface area contributed by atoms with Crippen molar-refractivity contribution in [1.29, 1.82) is 5.26 Å². The van der Waals surface area contributed by atoms with Crippen molar-refractivity contribution < 1.29 is 4.79 Å². The van der Waals surface area contributed by atoms with Gasteiger partial charge in [-0.1, -0.05) is 13.8 Å². The Hall–Kier alpha value is -0.690. The molecule has 0 aromatic heterocycles. The monoisotopic (exact) mass is 268 g/mol. The number of rotatable bonds is 5. The minimum Gasteiger partial charge on any atom is -0.352 e. The third-order valence-corrected chi connectivity index (χ3v) is 5.34. The number of hydrogen-bond donors (Lipinski definition) is 1. The summed E-state index contributed by atoms with van der Waals surface area (Å²) in [5.74, 6) is -0.0670. The highest BCUT2D eigenvalue weighted by molar-refractivity contribution is 7.99. The largest absolute Gasteiger partial charge is 0.352 e. The second-order valence-electron chi connectivity index (χ2n) is 5.08. The third kappa shape index (κ3) is 3.41. The molecule has 102 valence electrons. The van der Waals surface area contributed by atoms with Gasteiger partial charge in [0.1, 0.15) is 5.41 Å². The topological polar surface area (TPSA) is 52.9 Å². The maximum absolute atomic E-state index is 12.2. The van der Waals surface area contributed by atoms with Crippen LogP contribution in [0.1, 0.15) is 52.4 Å². The molecular formula is C14H24N2OS. The molecule has 0 aliphatic heterocycles. The number of carbonyl (C=O) groups is 1. The summed E-state index contributed by atoms with van der Waals surface area (Å²) in [7, 11) is 0. The Bertz CT molecular complexity index is 312. The van der Waals surface area contributed by atoms with Crippen LogP contribution in [0.4, 0.5) is 0 Å². The maximum Gasteiger partial charge on any atom is 0.240 e. The number of carbonyl (C=O) groups excluding carboxylic acids is 1. The van der Waals surface area contributed by atoms with E-state index >= 15 is 0 Å². The first-order valence-electron chi connectivity index (χ1n) is 6.86. The van der Waals surface area contributed by atoms with Crippen molar-refractivity contribution in [2.24, 2.45) is 5.41 Å². The molecule has 0 radical (unpaired) electrons. The molecule has 1 fully saturated rings. The minimum absolute atomic E-state index is 0.0670. The molecule has 0 heterocycles. The Balaban J connectivity index is 2.53. The van der Waals surface area contributed by atoms with Crippen LogP contribution in [0.2, 0.25) is 0 Å². The molecule has 0 saturated heterocycles. The van der Waals surface area contributed by atoms with Crippen molar-refractivity contribution in [2.45, 2.75) is 63.7 Å². The van der Waals surface area contributed by atoms with E-state index in [0.717, 1.165) is 18.1 Å². The van der Waals surface area contributed by atoms with Crippen molar-refractivity contribution in [2.75, 3.05) is 6.26 Å². The molecule has 1 amide bonds. The van der Waals surface area contributed by atoms with Gasteiger partial charge in [-0.25, -0.2) is 0 Å². The molecule has 18 heavy (non-hydrogen) atoms. The zero-order valence-corrected chi connectivity index (χ0v) is 12.5. The van der Waals surface area contributed by atoms with Gasteiger partial charge in [-0.15, -0.1) is 0 Å². The number of amides is 1. The average Bonchev–Trinajstić information content (AvgIpc) is 2.42. The third-order valence-electron chi connectivity index (χ3n) is 4.20. The average molecular weight is 268 g/mol. The van der Waals surface area contributed by atoms with Gasteiger partial charge in [0, 0.05) is 11.3 Å². The lowest BCUT2D eigenvalue weighted by atomic mass is 9.82. The first-order chi connectivity index (χ1) is 8.61. The molecule has 1 aliphatic carbocycles. The highest BCUT2D eigenvalue weighted by Crippen LogP contribution is 2.29.